The number of pyridine rings is 1. The second kappa shape index (κ2) is 9.74. The molecule has 180 valence electrons. The molecule has 0 saturated carbocycles. The summed E-state index contributed by atoms with van der Waals surface area (Å²) >= 11 is 0. The van der Waals surface area contributed by atoms with Crippen LogP contribution >= 0.6 is 0 Å². The van der Waals surface area contributed by atoms with Crippen LogP contribution in [0.25, 0.3) is 16.8 Å². The number of rotatable bonds is 7. The smallest absolute Gasteiger partial charge is 0.339 e. The fourth-order valence-corrected chi connectivity index (χ4v) is 4.16. The molecule has 2 heterocycles. The van der Waals surface area contributed by atoms with Gasteiger partial charge in [-0.1, -0.05) is 55.5 Å². The Morgan fingerprint density at radius 2 is 1.77 bits per heavy atom. The van der Waals surface area contributed by atoms with Crippen molar-refractivity contribution in [1.29, 1.82) is 0 Å². The highest BCUT2D eigenvalue weighted by atomic mass is 16.6. The van der Waals surface area contributed by atoms with Gasteiger partial charge in [0.15, 0.2) is 0 Å². The summed E-state index contributed by atoms with van der Waals surface area (Å²) in [5, 5.41) is 10.2. The molecule has 0 bridgehead atoms. The van der Waals surface area contributed by atoms with Gasteiger partial charge in [-0.05, 0) is 62.1 Å². The van der Waals surface area contributed by atoms with Gasteiger partial charge < -0.3 is 14.2 Å². The highest BCUT2D eigenvalue weighted by Crippen LogP contribution is 2.31. The predicted octanol–water partition coefficient (Wildman–Crippen LogP) is 5.93. The molecule has 4 aromatic rings. The molecule has 0 aliphatic heterocycles. The number of carboxylic acid groups (broad SMARTS) is 1. The van der Waals surface area contributed by atoms with Crippen LogP contribution in [0.15, 0.2) is 72.9 Å². The summed E-state index contributed by atoms with van der Waals surface area (Å²) in [5.41, 5.74) is 4.37. The van der Waals surface area contributed by atoms with Crippen LogP contribution in [-0.2, 0) is 22.4 Å². The fraction of sp³-hybridized carbons (Fsp3) is 0.276. The minimum absolute atomic E-state index is 0.255. The fourth-order valence-electron chi connectivity index (χ4n) is 4.16. The summed E-state index contributed by atoms with van der Waals surface area (Å²) in [6.45, 7) is 7.47. The first-order valence-corrected chi connectivity index (χ1v) is 11.8. The molecule has 1 unspecified atom stereocenters. The molecule has 1 atom stereocenters. The van der Waals surface area contributed by atoms with Gasteiger partial charge in [0.25, 0.3) is 0 Å². The van der Waals surface area contributed by atoms with E-state index in [4.69, 9.17) is 4.74 Å². The third-order valence-corrected chi connectivity index (χ3v) is 5.85. The van der Waals surface area contributed by atoms with Gasteiger partial charge in [-0.15, -0.1) is 0 Å². The van der Waals surface area contributed by atoms with E-state index in [-0.39, 0.29) is 6.42 Å². The Labute approximate surface area is 205 Å². The maximum Gasteiger partial charge on any atom is 0.339 e. The van der Waals surface area contributed by atoms with Crippen molar-refractivity contribution in [2.75, 3.05) is 0 Å². The van der Waals surface area contributed by atoms with E-state index in [1.165, 1.54) is 0 Å². The summed E-state index contributed by atoms with van der Waals surface area (Å²) in [7, 11) is 0. The molecule has 0 spiro atoms. The van der Waals surface area contributed by atoms with Gasteiger partial charge in [-0.25, -0.2) is 9.78 Å². The number of ether oxygens (including phenoxy) is 1. The quantitative estimate of drug-likeness (QED) is 0.339. The van der Waals surface area contributed by atoms with E-state index in [9.17, 15) is 14.7 Å². The summed E-state index contributed by atoms with van der Waals surface area (Å²) < 4.78 is 7.62. The predicted molar refractivity (Wildman–Crippen MR) is 136 cm³/mol. The molecule has 2 aromatic carbocycles. The highest BCUT2D eigenvalue weighted by Gasteiger charge is 2.26. The van der Waals surface area contributed by atoms with Crippen molar-refractivity contribution in [3.8, 4) is 11.1 Å². The Bertz CT molecular complexity index is 1370. The minimum atomic E-state index is -0.958. The molecule has 0 fully saturated rings. The molecule has 2 aromatic heterocycles. The Hall–Kier alpha value is -3.93. The van der Waals surface area contributed by atoms with Crippen molar-refractivity contribution in [3.05, 3.63) is 95.4 Å². The van der Waals surface area contributed by atoms with Gasteiger partial charge in [-0.3, -0.25) is 4.79 Å². The number of esters is 1. The van der Waals surface area contributed by atoms with Crippen LogP contribution in [0.1, 0.15) is 60.9 Å². The van der Waals surface area contributed by atoms with E-state index < -0.39 is 23.5 Å². The first-order valence-electron chi connectivity index (χ1n) is 11.8. The lowest BCUT2D eigenvalue weighted by molar-refractivity contribution is -0.138. The molecule has 0 saturated heterocycles. The molecule has 6 heteroatoms. The van der Waals surface area contributed by atoms with Crippen molar-refractivity contribution in [2.45, 2.75) is 52.1 Å². The van der Waals surface area contributed by atoms with Crippen molar-refractivity contribution in [2.24, 2.45) is 0 Å². The number of carboxylic acids is 1. The van der Waals surface area contributed by atoms with E-state index in [0.717, 1.165) is 29.0 Å². The van der Waals surface area contributed by atoms with Crippen molar-refractivity contribution in [3.63, 3.8) is 0 Å². The van der Waals surface area contributed by atoms with Crippen molar-refractivity contribution in [1.82, 2.24) is 9.38 Å². The monoisotopic (exact) mass is 470 g/mol. The van der Waals surface area contributed by atoms with Crippen LogP contribution < -0.4 is 0 Å². The molecule has 0 aliphatic carbocycles. The lowest BCUT2D eigenvalue weighted by Gasteiger charge is -2.22. The molecule has 6 nitrogen and oxygen atoms in total. The number of carbonyl (C=O) groups excluding carboxylic acids is 1. The Morgan fingerprint density at radius 3 is 2.43 bits per heavy atom. The number of hydrogen-bond acceptors (Lipinski definition) is 4. The van der Waals surface area contributed by atoms with Gasteiger partial charge in [-0.2, -0.15) is 0 Å². The van der Waals surface area contributed by atoms with E-state index in [1.807, 2.05) is 92.9 Å². The van der Waals surface area contributed by atoms with E-state index >= 15 is 0 Å². The first kappa shape index (κ1) is 24.2. The average Bonchev–Trinajstić information content (AvgIpc) is 3.26. The normalized spacial score (nSPS) is 12.5. The van der Waals surface area contributed by atoms with Crippen molar-refractivity contribution < 1.29 is 19.4 Å². The van der Waals surface area contributed by atoms with E-state index in [1.54, 1.807) is 12.1 Å². The summed E-state index contributed by atoms with van der Waals surface area (Å²) in [6.07, 6.45) is 3.00. The largest absolute Gasteiger partial charge is 0.481 e. The zero-order valence-electron chi connectivity index (χ0n) is 20.5. The van der Waals surface area contributed by atoms with Crippen LogP contribution in [0.2, 0.25) is 0 Å². The number of aliphatic carboxylic acids is 1. The van der Waals surface area contributed by atoms with E-state index in [2.05, 4.69) is 4.98 Å². The Kier molecular flexibility index (Phi) is 6.74. The maximum atomic E-state index is 13.2. The molecule has 35 heavy (non-hydrogen) atoms. The van der Waals surface area contributed by atoms with Gasteiger partial charge in [0.1, 0.15) is 11.2 Å². The zero-order chi connectivity index (χ0) is 25.2. The Morgan fingerprint density at radius 1 is 1.03 bits per heavy atom. The van der Waals surface area contributed by atoms with Gasteiger partial charge in [0.05, 0.1) is 17.2 Å². The molecule has 0 amide bonds. The number of nitrogens with zero attached hydrogens (tertiary/aromatic N) is 2. The maximum absolute atomic E-state index is 13.2. The molecule has 0 aliphatic rings. The highest BCUT2D eigenvalue weighted by molar-refractivity contribution is 5.98. The number of aryl methyl sites for hydroxylation is 1. The molecular weight excluding hydrogens is 440 g/mol. The molecule has 0 radical (unpaired) electrons. The van der Waals surface area contributed by atoms with Crippen molar-refractivity contribution >= 4 is 17.6 Å². The zero-order valence-corrected chi connectivity index (χ0v) is 20.5. The number of aromatic nitrogens is 2. The Balaban J connectivity index is 1.78. The van der Waals surface area contributed by atoms with Gasteiger partial charge in [0.2, 0.25) is 0 Å². The first-order chi connectivity index (χ1) is 16.7. The second-order valence-corrected chi connectivity index (χ2v) is 9.60. The number of fused-ring (bicyclic) bond motifs is 1. The summed E-state index contributed by atoms with van der Waals surface area (Å²) in [5.74, 6) is -2.29. The van der Waals surface area contributed by atoms with Crippen LogP contribution in [0.4, 0.5) is 0 Å². The number of carbonyl (C=O) groups is 2. The SMILES string of the molecule is CCc1cn2c(CC(C(=O)O)c3ccc(-c4ccccc4)c(C(=O)OC(C)(C)C)c3)cccc2n1. The number of hydrogen-bond donors (Lipinski definition) is 1. The molecule has 4 rings (SSSR count). The average molecular weight is 471 g/mol. The molecular formula is C29H30N2O4. The third kappa shape index (κ3) is 5.43. The lowest BCUT2D eigenvalue weighted by atomic mass is 9.89. The second-order valence-electron chi connectivity index (χ2n) is 9.60. The standard InChI is InChI=1S/C29H30N2O4/c1-5-21-18-31-22(12-9-13-26(31)30-21)17-24(27(32)33)20-14-15-23(19-10-7-6-8-11-19)25(16-20)28(34)35-29(2,3)4/h6-16,18,24H,5,17H2,1-4H3,(H,32,33). The van der Waals surface area contributed by atoms with Crippen LogP contribution in [0.3, 0.4) is 0 Å². The third-order valence-electron chi connectivity index (χ3n) is 5.85. The number of imidazole rings is 1. The lowest BCUT2D eigenvalue weighted by Crippen LogP contribution is -2.24. The van der Waals surface area contributed by atoms with Crippen LogP contribution in [0.5, 0.6) is 0 Å². The van der Waals surface area contributed by atoms with Gasteiger partial charge in [0, 0.05) is 18.3 Å². The summed E-state index contributed by atoms with van der Waals surface area (Å²) in [6, 6.07) is 20.5. The van der Waals surface area contributed by atoms with E-state index in [0.29, 0.717) is 16.7 Å². The summed E-state index contributed by atoms with van der Waals surface area (Å²) in [4.78, 5) is 30.2. The van der Waals surface area contributed by atoms with Gasteiger partial charge >= 0.3 is 11.9 Å². The number of benzene rings is 2. The topological polar surface area (TPSA) is 80.9 Å². The molecule has 1 N–H and O–H groups in total. The minimum Gasteiger partial charge on any atom is -0.481 e. The van der Waals surface area contributed by atoms with Crippen LogP contribution in [0, 0.1) is 0 Å². The van der Waals surface area contributed by atoms with Crippen LogP contribution in [-0.4, -0.2) is 32.0 Å².